The summed E-state index contributed by atoms with van der Waals surface area (Å²) in [6, 6.07) is 18.7. The van der Waals surface area contributed by atoms with Gasteiger partial charge < -0.3 is 0 Å². The Morgan fingerprint density at radius 1 is 0.571 bits per heavy atom. The molecule has 0 radical (unpaired) electrons. The molecule has 1 aromatic heterocycles. The second-order valence-electron chi connectivity index (χ2n) is 5.98. The zero-order valence-corrected chi connectivity index (χ0v) is 14.1. The van der Waals surface area contributed by atoms with Crippen molar-refractivity contribution in [2.45, 2.75) is 0 Å². The van der Waals surface area contributed by atoms with Gasteiger partial charge in [-0.15, -0.1) is 0 Å². The van der Waals surface area contributed by atoms with Gasteiger partial charge in [0.1, 0.15) is 5.69 Å². The van der Waals surface area contributed by atoms with Crippen molar-refractivity contribution in [1.29, 1.82) is 0 Å². The predicted molar refractivity (Wildman–Crippen MR) is 94.2 cm³/mol. The molecule has 0 N–H and O–H groups in total. The summed E-state index contributed by atoms with van der Waals surface area (Å²) >= 11 is 0. The van der Waals surface area contributed by atoms with E-state index in [0.717, 1.165) is 4.68 Å². The molecule has 0 bridgehead atoms. The predicted octanol–water partition coefficient (Wildman–Crippen LogP) is 5.90. The largest absolute Gasteiger partial charge is 0.226 e. The van der Waals surface area contributed by atoms with E-state index in [2.05, 4.69) is 5.10 Å². The van der Waals surface area contributed by atoms with Crippen LogP contribution in [0.25, 0.3) is 28.2 Å². The number of halogens is 5. The number of hydrogen-bond acceptors (Lipinski definition) is 1. The third-order valence-corrected chi connectivity index (χ3v) is 4.25. The van der Waals surface area contributed by atoms with E-state index in [4.69, 9.17) is 0 Å². The van der Waals surface area contributed by atoms with Crippen LogP contribution in [-0.4, -0.2) is 9.78 Å². The van der Waals surface area contributed by atoms with Gasteiger partial charge in [0.2, 0.25) is 5.82 Å². The molecule has 28 heavy (non-hydrogen) atoms. The summed E-state index contributed by atoms with van der Waals surface area (Å²) in [5.41, 5.74) is 0.506. The summed E-state index contributed by atoms with van der Waals surface area (Å²) < 4.78 is 70.5. The lowest BCUT2D eigenvalue weighted by Gasteiger charge is -2.11. The van der Waals surface area contributed by atoms with E-state index < -0.39 is 34.8 Å². The SMILES string of the molecule is Fc1c(F)c(F)c(-n2nc(-c3ccccc3)cc2-c2ccccc2)c(F)c1F. The Labute approximate surface area is 156 Å². The van der Waals surface area contributed by atoms with Gasteiger partial charge in [0.15, 0.2) is 23.3 Å². The van der Waals surface area contributed by atoms with Gasteiger partial charge in [0, 0.05) is 11.1 Å². The molecule has 140 valence electrons. The third kappa shape index (κ3) is 2.85. The maximum absolute atomic E-state index is 14.4. The van der Waals surface area contributed by atoms with Crippen LogP contribution < -0.4 is 0 Å². The lowest BCUT2D eigenvalue weighted by atomic mass is 10.1. The lowest BCUT2D eigenvalue weighted by molar-refractivity contribution is 0.374. The van der Waals surface area contributed by atoms with Crippen LogP contribution in [0.5, 0.6) is 0 Å². The van der Waals surface area contributed by atoms with Crippen molar-refractivity contribution >= 4 is 0 Å². The Morgan fingerprint density at radius 3 is 1.57 bits per heavy atom. The minimum absolute atomic E-state index is 0.183. The van der Waals surface area contributed by atoms with E-state index in [9.17, 15) is 22.0 Å². The number of aromatic nitrogens is 2. The summed E-state index contributed by atoms with van der Waals surface area (Å²) in [7, 11) is 0. The van der Waals surface area contributed by atoms with Gasteiger partial charge in [-0.05, 0) is 6.07 Å². The lowest BCUT2D eigenvalue weighted by Crippen LogP contribution is -2.11. The number of hydrogen-bond donors (Lipinski definition) is 0. The van der Waals surface area contributed by atoms with E-state index in [1.807, 2.05) is 0 Å². The van der Waals surface area contributed by atoms with Crippen LogP contribution >= 0.6 is 0 Å². The average Bonchev–Trinajstić information content (AvgIpc) is 3.17. The van der Waals surface area contributed by atoms with E-state index in [0.29, 0.717) is 16.8 Å². The summed E-state index contributed by atoms with van der Waals surface area (Å²) in [4.78, 5) is 0. The van der Waals surface area contributed by atoms with Crippen molar-refractivity contribution in [2.24, 2.45) is 0 Å². The summed E-state index contributed by atoms with van der Waals surface area (Å²) in [5.74, 6) is -10.2. The highest BCUT2D eigenvalue weighted by atomic mass is 19.2. The molecule has 0 spiro atoms. The normalized spacial score (nSPS) is 11.0. The molecular weight excluding hydrogens is 375 g/mol. The minimum atomic E-state index is -2.21. The maximum atomic E-state index is 14.4. The quantitative estimate of drug-likeness (QED) is 0.243. The van der Waals surface area contributed by atoms with Crippen molar-refractivity contribution in [3.8, 4) is 28.2 Å². The summed E-state index contributed by atoms with van der Waals surface area (Å²) in [6.45, 7) is 0. The molecule has 0 saturated carbocycles. The van der Waals surface area contributed by atoms with Gasteiger partial charge in [-0.3, -0.25) is 0 Å². The van der Waals surface area contributed by atoms with Gasteiger partial charge in [-0.2, -0.15) is 5.10 Å². The topological polar surface area (TPSA) is 17.8 Å². The first-order chi connectivity index (χ1) is 13.5. The fourth-order valence-corrected chi connectivity index (χ4v) is 2.90. The van der Waals surface area contributed by atoms with Crippen molar-refractivity contribution < 1.29 is 22.0 Å². The molecular formula is C21H11F5N2. The molecule has 0 saturated heterocycles. The highest BCUT2D eigenvalue weighted by Gasteiger charge is 2.29. The van der Waals surface area contributed by atoms with E-state index in [1.54, 1.807) is 60.7 Å². The molecule has 2 nitrogen and oxygen atoms in total. The highest BCUT2D eigenvalue weighted by molar-refractivity contribution is 5.70. The molecule has 0 aliphatic carbocycles. The van der Waals surface area contributed by atoms with Crippen LogP contribution in [-0.2, 0) is 0 Å². The number of rotatable bonds is 3. The van der Waals surface area contributed by atoms with Crippen LogP contribution in [0.3, 0.4) is 0 Å². The second kappa shape index (κ2) is 6.92. The molecule has 0 fully saturated rings. The smallest absolute Gasteiger partial charge is 0.200 e. The van der Waals surface area contributed by atoms with E-state index >= 15 is 0 Å². The van der Waals surface area contributed by atoms with Crippen molar-refractivity contribution in [3.63, 3.8) is 0 Å². The molecule has 4 aromatic rings. The monoisotopic (exact) mass is 386 g/mol. The van der Waals surface area contributed by atoms with Gasteiger partial charge in [0.05, 0.1) is 11.4 Å². The molecule has 1 heterocycles. The number of nitrogens with zero attached hydrogens (tertiary/aromatic N) is 2. The van der Waals surface area contributed by atoms with Gasteiger partial charge in [0.25, 0.3) is 0 Å². The van der Waals surface area contributed by atoms with E-state index in [1.165, 1.54) is 6.07 Å². The fourth-order valence-electron chi connectivity index (χ4n) is 2.90. The Bertz CT molecular complexity index is 1130. The first-order valence-electron chi connectivity index (χ1n) is 8.21. The molecule has 0 aliphatic rings. The van der Waals surface area contributed by atoms with Crippen LogP contribution in [0.4, 0.5) is 22.0 Å². The Balaban J connectivity index is 2.04. The molecule has 0 unspecified atom stereocenters. The fraction of sp³-hybridized carbons (Fsp3) is 0. The Morgan fingerprint density at radius 2 is 1.04 bits per heavy atom. The first kappa shape index (κ1) is 17.9. The Kier molecular flexibility index (Phi) is 4.43. The van der Waals surface area contributed by atoms with Crippen molar-refractivity contribution in [2.75, 3.05) is 0 Å². The minimum Gasteiger partial charge on any atom is -0.226 e. The second-order valence-corrected chi connectivity index (χ2v) is 5.98. The number of benzene rings is 3. The maximum Gasteiger partial charge on any atom is 0.200 e. The molecule has 7 heteroatoms. The first-order valence-corrected chi connectivity index (χ1v) is 8.21. The van der Waals surface area contributed by atoms with Gasteiger partial charge >= 0.3 is 0 Å². The van der Waals surface area contributed by atoms with Crippen molar-refractivity contribution in [1.82, 2.24) is 9.78 Å². The molecule has 4 rings (SSSR count). The van der Waals surface area contributed by atoms with Crippen LogP contribution in [0.15, 0.2) is 66.7 Å². The molecule has 0 amide bonds. The zero-order valence-electron chi connectivity index (χ0n) is 14.1. The van der Waals surface area contributed by atoms with Crippen LogP contribution in [0.1, 0.15) is 0 Å². The average molecular weight is 386 g/mol. The third-order valence-electron chi connectivity index (χ3n) is 4.25. The zero-order chi connectivity index (χ0) is 19.8. The highest BCUT2D eigenvalue weighted by Crippen LogP contribution is 2.32. The van der Waals surface area contributed by atoms with Crippen LogP contribution in [0.2, 0.25) is 0 Å². The summed E-state index contributed by atoms with van der Waals surface area (Å²) in [5, 5.41) is 4.14. The standard InChI is InChI=1S/C21H11F5N2/c22-16-17(23)19(25)21(20(26)18(16)24)28-15(13-9-5-2-6-10-13)11-14(27-28)12-7-3-1-4-8-12/h1-11H. The van der Waals surface area contributed by atoms with Gasteiger partial charge in [-0.25, -0.2) is 26.6 Å². The van der Waals surface area contributed by atoms with Gasteiger partial charge in [-0.1, -0.05) is 60.7 Å². The molecule has 0 atom stereocenters. The van der Waals surface area contributed by atoms with Crippen molar-refractivity contribution in [3.05, 3.63) is 95.8 Å². The molecule has 3 aromatic carbocycles. The molecule has 0 aliphatic heterocycles. The Hall–Kier alpha value is -3.48. The van der Waals surface area contributed by atoms with E-state index in [-0.39, 0.29) is 5.69 Å². The summed E-state index contributed by atoms with van der Waals surface area (Å²) in [6.07, 6.45) is 0. The van der Waals surface area contributed by atoms with Crippen LogP contribution in [0, 0.1) is 29.1 Å².